The van der Waals surface area contributed by atoms with Crippen molar-refractivity contribution in [3.63, 3.8) is 0 Å². The van der Waals surface area contributed by atoms with Crippen LogP contribution in [0.3, 0.4) is 0 Å². The molecule has 0 radical (unpaired) electrons. The van der Waals surface area contributed by atoms with Crippen LogP contribution in [0, 0.1) is 11.8 Å². The molecule has 0 aliphatic heterocycles. The van der Waals surface area contributed by atoms with Crippen molar-refractivity contribution in [2.24, 2.45) is 11.8 Å². The van der Waals surface area contributed by atoms with Crippen molar-refractivity contribution in [3.05, 3.63) is 12.2 Å². The van der Waals surface area contributed by atoms with Crippen molar-refractivity contribution in [1.29, 1.82) is 0 Å². The fraction of sp³-hybridized carbons (Fsp3) is 0.714. The molecule has 1 saturated carbocycles. The highest BCUT2D eigenvalue weighted by Crippen LogP contribution is 2.40. The van der Waals surface area contributed by atoms with Gasteiger partial charge in [-0.15, -0.1) is 0 Å². The van der Waals surface area contributed by atoms with Crippen LogP contribution in [0.4, 0.5) is 0 Å². The van der Waals surface area contributed by atoms with Gasteiger partial charge in [0.25, 0.3) is 0 Å². The molecule has 2 bridgehead atoms. The summed E-state index contributed by atoms with van der Waals surface area (Å²) in [6.07, 6.45) is 6.98. The molecule has 0 N–H and O–H groups in total. The standard InChI is InChI=1S/C7H10/c1-2-6-4-7(3-1)5-6/h1-2,6-7H,3-5H2/i3D. The fourth-order valence-electron chi connectivity index (χ4n) is 1.40. The minimum atomic E-state index is 0.139. The van der Waals surface area contributed by atoms with E-state index in [9.17, 15) is 0 Å². The van der Waals surface area contributed by atoms with E-state index in [1.165, 1.54) is 12.8 Å². The minimum Gasteiger partial charge on any atom is -0.0880 e. The zero-order valence-corrected chi connectivity index (χ0v) is 4.30. The Balaban J connectivity index is 2.19. The Hall–Kier alpha value is -0.260. The van der Waals surface area contributed by atoms with Crippen LogP contribution in [-0.2, 0) is 0 Å². The third-order valence-electron chi connectivity index (χ3n) is 1.98. The van der Waals surface area contributed by atoms with Crippen molar-refractivity contribution < 1.29 is 1.37 Å². The Morgan fingerprint density at radius 3 is 2.71 bits per heavy atom. The molecule has 0 spiro atoms. The van der Waals surface area contributed by atoms with Gasteiger partial charge in [-0.05, 0) is 31.1 Å². The van der Waals surface area contributed by atoms with Crippen molar-refractivity contribution in [3.8, 4) is 0 Å². The molecule has 0 aromatic carbocycles. The van der Waals surface area contributed by atoms with Crippen molar-refractivity contribution in [2.45, 2.75) is 19.2 Å². The van der Waals surface area contributed by atoms with Gasteiger partial charge >= 0.3 is 0 Å². The van der Waals surface area contributed by atoms with Gasteiger partial charge in [0, 0.05) is 1.37 Å². The van der Waals surface area contributed by atoms with E-state index in [1.54, 1.807) is 0 Å². The molecule has 1 unspecified atom stereocenters. The van der Waals surface area contributed by atoms with Gasteiger partial charge in [0.15, 0.2) is 0 Å². The molecule has 1 atom stereocenters. The van der Waals surface area contributed by atoms with Crippen LogP contribution in [0.5, 0.6) is 0 Å². The second-order valence-corrected chi connectivity index (χ2v) is 2.57. The van der Waals surface area contributed by atoms with E-state index < -0.39 is 0 Å². The maximum atomic E-state index is 7.43. The summed E-state index contributed by atoms with van der Waals surface area (Å²) in [6.45, 7) is 0. The number of hydrogen-bond donors (Lipinski definition) is 0. The Labute approximate surface area is 45.6 Å². The third kappa shape index (κ3) is 0.425. The van der Waals surface area contributed by atoms with Gasteiger partial charge in [-0.25, -0.2) is 0 Å². The summed E-state index contributed by atoms with van der Waals surface area (Å²) in [6, 6.07) is 0. The number of fused-ring (bicyclic) bond motifs is 1. The van der Waals surface area contributed by atoms with E-state index in [2.05, 4.69) is 6.08 Å². The Morgan fingerprint density at radius 1 is 1.57 bits per heavy atom. The van der Waals surface area contributed by atoms with Crippen LogP contribution in [0.25, 0.3) is 0 Å². The van der Waals surface area contributed by atoms with Gasteiger partial charge in [0.05, 0.1) is 0 Å². The minimum absolute atomic E-state index is 0.139. The summed E-state index contributed by atoms with van der Waals surface area (Å²) < 4.78 is 7.43. The second kappa shape index (κ2) is 1.12. The SMILES string of the molecule is [2H]C1C=CC2CC1C2. The lowest BCUT2D eigenvalue weighted by Crippen LogP contribution is -2.24. The molecule has 1 fully saturated rings. The largest absolute Gasteiger partial charge is 0.0880 e. The molecule has 0 amide bonds. The van der Waals surface area contributed by atoms with Gasteiger partial charge in [-0.1, -0.05) is 12.2 Å². The molecule has 0 heterocycles. The highest BCUT2D eigenvalue weighted by atomic mass is 14.3. The van der Waals surface area contributed by atoms with Crippen LogP contribution >= 0.6 is 0 Å². The lowest BCUT2D eigenvalue weighted by atomic mass is 9.69. The third-order valence-corrected chi connectivity index (χ3v) is 1.98. The van der Waals surface area contributed by atoms with E-state index in [0.717, 1.165) is 11.8 Å². The van der Waals surface area contributed by atoms with Crippen molar-refractivity contribution in [1.82, 2.24) is 0 Å². The normalized spacial score (nSPS) is 58.3. The average molecular weight is 95.2 g/mol. The monoisotopic (exact) mass is 95.1 g/mol. The highest BCUT2D eigenvalue weighted by molar-refractivity contribution is 5.03. The maximum absolute atomic E-state index is 7.43. The van der Waals surface area contributed by atoms with E-state index in [0.29, 0.717) is 0 Å². The van der Waals surface area contributed by atoms with E-state index in [-0.39, 0.29) is 6.40 Å². The second-order valence-electron chi connectivity index (χ2n) is 2.57. The lowest BCUT2D eigenvalue weighted by Gasteiger charge is -2.36. The molecule has 3 rings (SSSR count). The van der Waals surface area contributed by atoms with E-state index in [1.807, 2.05) is 6.08 Å². The number of allylic oxidation sites excluding steroid dienone is 2. The molecule has 0 saturated heterocycles. The molecule has 38 valence electrons. The van der Waals surface area contributed by atoms with Crippen LogP contribution in [0.15, 0.2) is 12.2 Å². The topological polar surface area (TPSA) is 0 Å². The molecule has 0 nitrogen and oxygen atoms in total. The first-order valence-corrected chi connectivity index (χ1v) is 2.97. The Morgan fingerprint density at radius 2 is 2.43 bits per heavy atom. The quantitative estimate of drug-likeness (QED) is 0.403. The van der Waals surface area contributed by atoms with Crippen LogP contribution in [0.2, 0.25) is 0 Å². The molecule has 3 aliphatic carbocycles. The molecule has 0 aromatic heterocycles. The molecule has 0 heteroatoms. The predicted octanol–water partition coefficient (Wildman–Crippen LogP) is 1.97. The average Bonchev–Trinajstić information content (AvgIpc) is 1.62. The van der Waals surface area contributed by atoms with Crippen LogP contribution in [-0.4, -0.2) is 0 Å². The van der Waals surface area contributed by atoms with Crippen molar-refractivity contribution >= 4 is 0 Å². The summed E-state index contributed by atoms with van der Waals surface area (Å²) >= 11 is 0. The summed E-state index contributed by atoms with van der Waals surface area (Å²) in [7, 11) is 0. The summed E-state index contributed by atoms with van der Waals surface area (Å²) in [4.78, 5) is 0. The van der Waals surface area contributed by atoms with Gasteiger partial charge in [-0.2, -0.15) is 0 Å². The molecule has 3 aliphatic rings. The summed E-state index contributed by atoms with van der Waals surface area (Å²) in [5.74, 6) is 1.59. The zero-order chi connectivity index (χ0) is 5.56. The lowest BCUT2D eigenvalue weighted by molar-refractivity contribution is 0.225. The number of rotatable bonds is 0. The smallest absolute Gasteiger partial charge is 0.0312 e. The Kier molecular flexibility index (Phi) is 0.464. The van der Waals surface area contributed by atoms with Crippen LogP contribution in [0.1, 0.15) is 20.6 Å². The highest BCUT2D eigenvalue weighted by Gasteiger charge is 2.28. The van der Waals surface area contributed by atoms with Gasteiger partial charge in [-0.3, -0.25) is 0 Å². The van der Waals surface area contributed by atoms with E-state index >= 15 is 0 Å². The Bertz CT molecular complexity index is 122. The van der Waals surface area contributed by atoms with Gasteiger partial charge < -0.3 is 0 Å². The first-order valence-electron chi connectivity index (χ1n) is 3.54. The van der Waals surface area contributed by atoms with Gasteiger partial charge in [0.2, 0.25) is 0 Å². The number of hydrogen-bond acceptors (Lipinski definition) is 0. The molecule has 0 aromatic rings. The summed E-state index contributed by atoms with van der Waals surface area (Å²) in [5, 5.41) is 0. The maximum Gasteiger partial charge on any atom is 0.0312 e. The predicted molar refractivity (Wildman–Crippen MR) is 30.0 cm³/mol. The van der Waals surface area contributed by atoms with Gasteiger partial charge in [0.1, 0.15) is 0 Å². The zero-order valence-electron chi connectivity index (χ0n) is 5.30. The molecule has 7 heavy (non-hydrogen) atoms. The molecular weight excluding hydrogens is 84.1 g/mol. The fourth-order valence-corrected chi connectivity index (χ4v) is 1.40. The van der Waals surface area contributed by atoms with E-state index in [4.69, 9.17) is 1.37 Å². The summed E-state index contributed by atoms with van der Waals surface area (Å²) in [5.41, 5.74) is 0. The first kappa shape index (κ1) is 2.91. The van der Waals surface area contributed by atoms with Crippen molar-refractivity contribution in [2.75, 3.05) is 0 Å². The molecular formula is C7H10. The first-order chi connectivity index (χ1) is 3.86. The van der Waals surface area contributed by atoms with Crippen LogP contribution < -0.4 is 0 Å².